The quantitative estimate of drug-likeness (QED) is 0.677. The molecule has 3 aromatic rings. The molecule has 0 bridgehead atoms. The number of anilines is 1. The summed E-state index contributed by atoms with van der Waals surface area (Å²) in [5.74, 6) is 1.68. The van der Waals surface area contributed by atoms with E-state index in [0.717, 1.165) is 36.2 Å². The molecule has 1 aliphatic heterocycles. The lowest BCUT2D eigenvalue weighted by atomic mass is 9.99. The maximum Gasteiger partial charge on any atom is 0.225 e. The fourth-order valence-corrected chi connectivity index (χ4v) is 3.39. The fourth-order valence-electron chi connectivity index (χ4n) is 3.39. The Labute approximate surface area is 143 Å². The van der Waals surface area contributed by atoms with E-state index < -0.39 is 0 Å². The standard InChI is InChI=1S/C21H23N3/c1-15-8-11-24(12-9-15)21-22-10-7-20(23-21)19-6-5-17-13-16(2)3-4-18(17)14-19/h3-7,10,13-15H,8-9,11-12H2,1-2H3. The molecule has 24 heavy (non-hydrogen) atoms. The van der Waals surface area contributed by atoms with Crippen molar-refractivity contribution < 1.29 is 0 Å². The highest BCUT2D eigenvalue weighted by Gasteiger charge is 2.18. The van der Waals surface area contributed by atoms with Crippen LogP contribution in [-0.4, -0.2) is 23.1 Å². The van der Waals surface area contributed by atoms with Crippen LogP contribution in [0.4, 0.5) is 5.95 Å². The second kappa shape index (κ2) is 6.23. The second-order valence-corrected chi connectivity index (χ2v) is 6.98. The van der Waals surface area contributed by atoms with Gasteiger partial charge >= 0.3 is 0 Å². The van der Waals surface area contributed by atoms with E-state index in [0.29, 0.717) is 0 Å². The SMILES string of the molecule is Cc1ccc2cc(-c3ccnc(N4CCC(C)CC4)n3)ccc2c1. The first-order valence-electron chi connectivity index (χ1n) is 8.78. The largest absolute Gasteiger partial charge is 0.341 e. The molecule has 0 saturated carbocycles. The topological polar surface area (TPSA) is 29.0 Å². The van der Waals surface area contributed by atoms with Gasteiger partial charge in [-0.15, -0.1) is 0 Å². The zero-order valence-corrected chi connectivity index (χ0v) is 14.4. The van der Waals surface area contributed by atoms with Crippen LogP contribution in [-0.2, 0) is 0 Å². The van der Waals surface area contributed by atoms with Crippen LogP contribution in [0.1, 0.15) is 25.3 Å². The minimum atomic E-state index is 0.813. The Balaban J connectivity index is 1.67. The van der Waals surface area contributed by atoms with Gasteiger partial charge in [-0.05, 0) is 48.6 Å². The number of hydrogen-bond acceptors (Lipinski definition) is 3. The van der Waals surface area contributed by atoms with Crippen molar-refractivity contribution >= 4 is 16.7 Å². The molecular formula is C21H23N3. The predicted octanol–water partition coefficient (Wildman–Crippen LogP) is 4.84. The monoisotopic (exact) mass is 317 g/mol. The van der Waals surface area contributed by atoms with Crippen LogP contribution >= 0.6 is 0 Å². The Hall–Kier alpha value is -2.42. The first-order valence-corrected chi connectivity index (χ1v) is 8.78. The lowest BCUT2D eigenvalue weighted by Gasteiger charge is -2.30. The van der Waals surface area contributed by atoms with E-state index in [9.17, 15) is 0 Å². The molecule has 2 heterocycles. The first-order chi connectivity index (χ1) is 11.7. The molecule has 3 heteroatoms. The van der Waals surface area contributed by atoms with Gasteiger partial charge in [-0.2, -0.15) is 0 Å². The van der Waals surface area contributed by atoms with Crippen LogP contribution in [0.25, 0.3) is 22.0 Å². The van der Waals surface area contributed by atoms with E-state index in [1.807, 2.05) is 12.3 Å². The number of fused-ring (bicyclic) bond motifs is 1. The molecule has 0 radical (unpaired) electrons. The molecule has 0 atom stereocenters. The van der Waals surface area contributed by atoms with Crippen molar-refractivity contribution in [3.05, 3.63) is 54.2 Å². The molecule has 4 rings (SSSR count). The predicted molar refractivity (Wildman–Crippen MR) is 100 cm³/mol. The Morgan fingerprint density at radius 2 is 1.71 bits per heavy atom. The van der Waals surface area contributed by atoms with E-state index in [1.54, 1.807) is 0 Å². The maximum absolute atomic E-state index is 4.83. The van der Waals surface area contributed by atoms with Gasteiger partial charge in [0.25, 0.3) is 0 Å². The number of piperidine rings is 1. The molecule has 0 N–H and O–H groups in total. The number of benzene rings is 2. The van der Waals surface area contributed by atoms with Gasteiger partial charge in [-0.1, -0.05) is 42.8 Å². The van der Waals surface area contributed by atoms with Crippen molar-refractivity contribution in [2.24, 2.45) is 5.92 Å². The van der Waals surface area contributed by atoms with Gasteiger partial charge in [-0.25, -0.2) is 9.97 Å². The molecule has 1 aromatic heterocycles. The number of rotatable bonds is 2. The Bertz CT molecular complexity index is 864. The average molecular weight is 317 g/mol. The van der Waals surface area contributed by atoms with E-state index >= 15 is 0 Å². The molecule has 0 aliphatic carbocycles. The van der Waals surface area contributed by atoms with Gasteiger partial charge in [0.05, 0.1) is 5.69 Å². The van der Waals surface area contributed by atoms with E-state index in [1.165, 1.54) is 29.2 Å². The molecule has 1 aliphatic rings. The zero-order valence-electron chi connectivity index (χ0n) is 14.4. The van der Waals surface area contributed by atoms with Crippen molar-refractivity contribution in [3.8, 4) is 11.3 Å². The maximum atomic E-state index is 4.83. The van der Waals surface area contributed by atoms with Crippen molar-refractivity contribution in [3.63, 3.8) is 0 Å². The summed E-state index contributed by atoms with van der Waals surface area (Å²) in [4.78, 5) is 11.6. The summed E-state index contributed by atoms with van der Waals surface area (Å²) >= 11 is 0. The Kier molecular flexibility index (Phi) is 3.93. The molecule has 0 spiro atoms. The lowest BCUT2D eigenvalue weighted by molar-refractivity contribution is 0.434. The molecule has 1 fully saturated rings. The smallest absolute Gasteiger partial charge is 0.225 e. The van der Waals surface area contributed by atoms with Gasteiger partial charge in [0.2, 0.25) is 5.95 Å². The molecule has 2 aromatic carbocycles. The average Bonchev–Trinajstić information content (AvgIpc) is 2.62. The van der Waals surface area contributed by atoms with Crippen molar-refractivity contribution in [2.75, 3.05) is 18.0 Å². The summed E-state index contributed by atoms with van der Waals surface area (Å²) in [7, 11) is 0. The van der Waals surface area contributed by atoms with Crippen molar-refractivity contribution in [1.82, 2.24) is 9.97 Å². The first kappa shape index (κ1) is 15.1. The highest BCUT2D eigenvalue weighted by atomic mass is 15.2. The van der Waals surface area contributed by atoms with Gasteiger partial charge in [0, 0.05) is 24.8 Å². The minimum absolute atomic E-state index is 0.813. The van der Waals surface area contributed by atoms with E-state index in [-0.39, 0.29) is 0 Å². The third-order valence-corrected chi connectivity index (χ3v) is 5.00. The van der Waals surface area contributed by atoms with Gasteiger partial charge in [-0.3, -0.25) is 0 Å². The lowest BCUT2D eigenvalue weighted by Crippen LogP contribution is -2.34. The van der Waals surface area contributed by atoms with Crippen LogP contribution in [0, 0.1) is 12.8 Å². The highest BCUT2D eigenvalue weighted by molar-refractivity contribution is 5.87. The van der Waals surface area contributed by atoms with Crippen LogP contribution in [0.3, 0.4) is 0 Å². The van der Waals surface area contributed by atoms with E-state index in [4.69, 9.17) is 4.98 Å². The van der Waals surface area contributed by atoms with Crippen LogP contribution in [0.2, 0.25) is 0 Å². The van der Waals surface area contributed by atoms with Gasteiger partial charge < -0.3 is 4.90 Å². The Morgan fingerprint density at radius 3 is 2.54 bits per heavy atom. The third kappa shape index (κ3) is 2.99. The van der Waals surface area contributed by atoms with Gasteiger partial charge in [0.15, 0.2) is 0 Å². The van der Waals surface area contributed by atoms with Crippen molar-refractivity contribution in [2.45, 2.75) is 26.7 Å². The fraction of sp³-hybridized carbons (Fsp3) is 0.333. The normalized spacial score (nSPS) is 15.8. The molecule has 0 amide bonds. The summed E-state index contributed by atoms with van der Waals surface area (Å²) < 4.78 is 0. The summed E-state index contributed by atoms with van der Waals surface area (Å²) in [6.07, 6.45) is 4.33. The molecular weight excluding hydrogens is 294 g/mol. The summed E-state index contributed by atoms with van der Waals surface area (Å²) in [5, 5.41) is 2.53. The van der Waals surface area contributed by atoms with Crippen LogP contribution in [0.15, 0.2) is 48.7 Å². The summed E-state index contributed by atoms with van der Waals surface area (Å²) in [5.41, 5.74) is 3.44. The second-order valence-electron chi connectivity index (χ2n) is 6.98. The van der Waals surface area contributed by atoms with E-state index in [2.05, 4.69) is 60.1 Å². The molecule has 122 valence electrons. The number of hydrogen-bond donors (Lipinski definition) is 0. The number of aromatic nitrogens is 2. The molecule has 3 nitrogen and oxygen atoms in total. The molecule has 0 unspecified atom stereocenters. The Morgan fingerprint density at radius 1 is 0.958 bits per heavy atom. The number of aryl methyl sites for hydroxylation is 1. The third-order valence-electron chi connectivity index (χ3n) is 5.00. The van der Waals surface area contributed by atoms with Gasteiger partial charge in [0.1, 0.15) is 0 Å². The van der Waals surface area contributed by atoms with Crippen LogP contribution in [0.5, 0.6) is 0 Å². The van der Waals surface area contributed by atoms with Crippen molar-refractivity contribution in [1.29, 1.82) is 0 Å². The number of nitrogens with zero attached hydrogens (tertiary/aromatic N) is 3. The highest BCUT2D eigenvalue weighted by Crippen LogP contribution is 2.26. The molecule has 1 saturated heterocycles. The summed E-state index contributed by atoms with van der Waals surface area (Å²) in [6.45, 7) is 6.57. The van der Waals surface area contributed by atoms with Crippen LogP contribution < -0.4 is 4.90 Å². The summed E-state index contributed by atoms with van der Waals surface area (Å²) in [6, 6.07) is 15.1. The minimum Gasteiger partial charge on any atom is -0.341 e. The zero-order chi connectivity index (χ0) is 16.5.